The van der Waals surface area contributed by atoms with Crippen molar-refractivity contribution in [1.29, 1.82) is 0 Å². The second kappa shape index (κ2) is 5.71. The maximum Gasteiger partial charge on any atom is 0.408 e. The number of nitrogens with zero attached hydrogens (tertiary/aromatic N) is 1. The fourth-order valence-electron chi connectivity index (χ4n) is 2.22. The van der Waals surface area contributed by atoms with Crippen LogP contribution in [0.3, 0.4) is 0 Å². The Morgan fingerprint density at radius 3 is 2.53 bits per heavy atom. The number of benzene rings is 1. The fraction of sp³-hybridized carbons (Fsp3) is 0.385. The van der Waals surface area contributed by atoms with Gasteiger partial charge in [0, 0.05) is 6.54 Å². The van der Waals surface area contributed by atoms with Gasteiger partial charge in [0.25, 0.3) is 0 Å². The Balaban J connectivity index is 2.00. The number of aliphatic carboxylic acids is 1. The van der Waals surface area contributed by atoms with Crippen LogP contribution in [0.5, 0.6) is 0 Å². The number of ether oxygens (including phenoxy) is 1. The third-order valence-electron chi connectivity index (χ3n) is 3.15. The molecule has 2 rings (SSSR count). The highest BCUT2D eigenvalue weighted by molar-refractivity contribution is 5.80. The van der Waals surface area contributed by atoms with Crippen molar-refractivity contribution in [2.45, 2.75) is 25.2 Å². The Hall–Kier alpha value is -2.08. The molecule has 0 bridgehead atoms. The van der Waals surface area contributed by atoms with Crippen LogP contribution in [-0.4, -0.2) is 45.9 Å². The normalized spacial score (nSPS) is 22.4. The zero-order valence-corrected chi connectivity index (χ0v) is 10.2. The summed E-state index contributed by atoms with van der Waals surface area (Å²) in [4.78, 5) is 23.0. The fourth-order valence-corrected chi connectivity index (χ4v) is 2.22. The Labute approximate surface area is 110 Å². The zero-order chi connectivity index (χ0) is 13.8. The summed E-state index contributed by atoms with van der Waals surface area (Å²) in [5, 5.41) is 18.1. The lowest BCUT2D eigenvalue weighted by Gasteiger charge is -2.22. The molecule has 6 nitrogen and oxygen atoms in total. The summed E-state index contributed by atoms with van der Waals surface area (Å²) in [5.74, 6) is -1.17. The largest absolute Gasteiger partial charge is 0.480 e. The van der Waals surface area contributed by atoms with Crippen molar-refractivity contribution >= 4 is 12.1 Å². The number of amides is 1. The van der Waals surface area contributed by atoms with Crippen LogP contribution >= 0.6 is 0 Å². The number of rotatable bonds is 4. The van der Waals surface area contributed by atoms with Crippen LogP contribution in [0, 0.1) is 0 Å². The summed E-state index contributed by atoms with van der Waals surface area (Å²) in [7, 11) is 0. The van der Waals surface area contributed by atoms with Crippen molar-refractivity contribution in [2.24, 2.45) is 0 Å². The van der Waals surface area contributed by atoms with Gasteiger partial charge in [-0.25, -0.2) is 9.59 Å². The zero-order valence-electron chi connectivity index (χ0n) is 10.2. The van der Waals surface area contributed by atoms with E-state index in [0.717, 1.165) is 10.5 Å². The summed E-state index contributed by atoms with van der Waals surface area (Å²) in [6.45, 7) is 0.467. The van der Waals surface area contributed by atoms with Gasteiger partial charge in [-0.2, -0.15) is 0 Å². The molecule has 0 aliphatic carbocycles. The Morgan fingerprint density at radius 2 is 1.95 bits per heavy atom. The number of carboxylic acid groups (broad SMARTS) is 2. The number of carboxylic acids is 1. The van der Waals surface area contributed by atoms with Crippen LogP contribution in [-0.2, 0) is 16.1 Å². The van der Waals surface area contributed by atoms with Gasteiger partial charge in [0.15, 0.2) is 6.04 Å². The lowest BCUT2D eigenvalue weighted by molar-refractivity contribution is -0.146. The second-order valence-corrected chi connectivity index (χ2v) is 4.38. The van der Waals surface area contributed by atoms with Crippen LogP contribution in [0.15, 0.2) is 30.3 Å². The predicted octanol–water partition coefficient (Wildman–Crippen LogP) is 1.41. The minimum atomic E-state index is -1.22. The van der Waals surface area contributed by atoms with Gasteiger partial charge in [-0.15, -0.1) is 0 Å². The first-order chi connectivity index (χ1) is 9.09. The summed E-state index contributed by atoms with van der Waals surface area (Å²) >= 11 is 0. The molecule has 0 radical (unpaired) electrons. The molecule has 1 aromatic rings. The van der Waals surface area contributed by atoms with E-state index in [1.165, 1.54) is 0 Å². The molecule has 0 unspecified atom stereocenters. The van der Waals surface area contributed by atoms with Gasteiger partial charge in [-0.05, 0) is 12.0 Å². The van der Waals surface area contributed by atoms with Crippen LogP contribution in [0.1, 0.15) is 12.0 Å². The lowest BCUT2D eigenvalue weighted by Crippen LogP contribution is -2.45. The van der Waals surface area contributed by atoms with E-state index in [4.69, 9.17) is 14.9 Å². The highest BCUT2D eigenvalue weighted by Gasteiger charge is 2.42. The van der Waals surface area contributed by atoms with Crippen LogP contribution < -0.4 is 0 Å². The van der Waals surface area contributed by atoms with E-state index in [0.29, 0.717) is 6.42 Å². The van der Waals surface area contributed by atoms with E-state index in [9.17, 15) is 9.59 Å². The molecule has 1 aliphatic rings. The lowest BCUT2D eigenvalue weighted by atomic mass is 10.1. The topological polar surface area (TPSA) is 87.1 Å². The molecule has 1 aromatic carbocycles. The predicted molar refractivity (Wildman–Crippen MR) is 65.8 cm³/mol. The van der Waals surface area contributed by atoms with E-state index in [1.807, 2.05) is 30.3 Å². The van der Waals surface area contributed by atoms with E-state index in [-0.39, 0.29) is 13.2 Å². The molecule has 2 N–H and O–H groups in total. The molecule has 102 valence electrons. The average molecular weight is 265 g/mol. The number of likely N-dealkylation sites (tertiary alicyclic amines) is 1. The smallest absolute Gasteiger partial charge is 0.408 e. The van der Waals surface area contributed by atoms with Crippen molar-refractivity contribution in [3.05, 3.63) is 35.9 Å². The van der Waals surface area contributed by atoms with Gasteiger partial charge in [-0.3, -0.25) is 4.90 Å². The first-order valence-corrected chi connectivity index (χ1v) is 5.97. The maximum absolute atomic E-state index is 11.2. The molecule has 6 heteroatoms. The van der Waals surface area contributed by atoms with Crippen molar-refractivity contribution < 1.29 is 24.5 Å². The van der Waals surface area contributed by atoms with Crippen molar-refractivity contribution in [1.82, 2.24) is 4.90 Å². The van der Waals surface area contributed by atoms with E-state index < -0.39 is 24.2 Å². The number of carbonyl (C=O) groups is 2. The molecule has 0 aromatic heterocycles. The Morgan fingerprint density at radius 1 is 1.26 bits per heavy atom. The summed E-state index contributed by atoms with van der Waals surface area (Å²) in [5.41, 5.74) is 0.931. The van der Waals surface area contributed by atoms with Gasteiger partial charge >= 0.3 is 12.1 Å². The Bertz CT molecular complexity index is 461. The highest BCUT2D eigenvalue weighted by Crippen LogP contribution is 2.22. The quantitative estimate of drug-likeness (QED) is 0.859. The van der Waals surface area contributed by atoms with Crippen LogP contribution in [0.25, 0.3) is 0 Å². The molecular weight excluding hydrogens is 250 g/mol. The molecule has 1 fully saturated rings. The Kier molecular flexibility index (Phi) is 4.01. The van der Waals surface area contributed by atoms with Crippen molar-refractivity contribution in [3.8, 4) is 0 Å². The molecule has 0 saturated carbocycles. The SMILES string of the molecule is O=C(O)[C@@H]1[C@@H](OCc2ccccc2)CCN1C(=O)O. The maximum atomic E-state index is 11.2. The first kappa shape index (κ1) is 13.4. The molecule has 2 atom stereocenters. The summed E-state index contributed by atoms with van der Waals surface area (Å²) in [6, 6.07) is 8.24. The minimum Gasteiger partial charge on any atom is -0.480 e. The van der Waals surface area contributed by atoms with Gasteiger partial charge < -0.3 is 14.9 Å². The van der Waals surface area contributed by atoms with E-state index >= 15 is 0 Å². The molecule has 0 spiro atoms. The van der Waals surface area contributed by atoms with Crippen LogP contribution in [0.2, 0.25) is 0 Å². The molecule has 1 heterocycles. The molecular formula is C13H15NO5. The van der Waals surface area contributed by atoms with E-state index in [2.05, 4.69) is 0 Å². The second-order valence-electron chi connectivity index (χ2n) is 4.38. The molecule has 1 amide bonds. The minimum absolute atomic E-state index is 0.186. The molecule has 1 aliphatic heterocycles. The van der Waals surface area contributed by atoms with Crippen LogP contribution in [0.4, 0.5) is 4.79 Å². The van der Waals surface area contributed by atoms with Gasteiger partial charge in [0.1, 0.15) is 0 Å². The number of hydrogen-bond acceptors (Lipinski definition) is 3. The average Bonchev–Trinajstić information content (AvgIpc) is 2.81. The summed E-state index contributed by atoms with van der Waals surface area (Å²) in [6.07, 6.45) is -1.43. The molecule has 19 heavy (non-hydrogen) atoms. The monoisotopic (exact) mass is 265 g/mol. The third-order valence-corrected chi connectivity index (χ3v) is 3.15. The van der Waals surface area contributed by atoms with Gasteiger partial charge in [0.05, 0.1) is 12.7 Å². The van der Waals surface area contributed by atoms with E-state index in [1.54, 1.807) is 0 Å². The third kappa shape index (κ3) is 3.03. The van der Waals surface area contributed by atoms with Gasteiger partial charge in [0.2, 0.25) is 0 Å². The summed E-state index contributed by atoms with van der Waals surface area (Å²) < 4.78 is 5.56. The van der Waals surface area contributed by atoms with Crippen molar-refractivity contribution in [3.63, 3.8) is 0 Å². The van der Waals surface area contributed by atoms with Crippen molar-refractivity contribution in [2.75, 3.05) is 6.54 Å². The first-order valence-electron chi connectivity index (χ1n) is 5.97. The standard InChI is InChI=1S/C13H15NO5/c15-12(16)11-10(6-7-14(11)13(17)18)19-8-9-4-2-1-3-5-9/h1-5,10-11H,6-8H2,(H,15,16)(H,17,18)/t10-,11-/m0/s1. The number of hydrogen-bond donors (Lipinski definition) is 2. The van der Waals surface area contributed by atoms with Gasteiger partial charge in [-0.1, -0.05) is 30.3 Å². The molecule has 1 saturated heterocycles. The highest BCUT2D eigenvalue weighted by atomic mass is 16.5.